The molecule has 1 N–H and O–H groups in total. The van der Waals surface area contributed by atoms with Crippen LogP contribution in [0.1, 0.15) is 56.9 Å². The number of piperidine rings is 1. The third-order valence-electron chi connectivity index (χ3n) is 4.81. The molecule has 0 unspecified atom stereocenters. The van der Waals surface area contributed by atoms with Crippen molar-refractivity contribution < 1.29 is 9.32 Å². The summed E-state index contributed by atoms with van der Waals surface area (Å²) in [5, 5.41) is 7.09. The Morgan fingerprint density at radius 1 is 1.48 bits per heavy atom. The maximum Gasteiger partial charge on any atom is 0.317 e. The van der Waals surface area contributed by atoms with Gasteiger partial charge in [-0.1, -0.05) is 19.0 Å². The largest absolute Gasteiger partial charge is 0.359 e. The molecule has 0 saturated carbocycles. The molecule has 0 aliphatic carbocycles. The summed E-state index contributed by atoms with van der Waals surface area (Å²) in [6.45, 7) is 6.32. The van der Waals surface area contributed by atoms with Gasteiger partial charge in [-0.15, -0.1) is 0 Å². The van der Waals surface area contributed by atoms with E-state index in [1.165, 1.54) is 0 Å². The standard InChI is InChI=1S/C17H30N4O2/c1-5-13(6-2)16-10-15(23-19-16)11-18-17(22)21-9-7-8-14(12-21)20(3)4/h10,13-14H,5-9,11-12H2,1-4H3,(H,18,22)/t14-/m0/s1. The van der Waals surface area contributed by atoms with Crippen molar-refractivity contribution in [3.63, 3.8) is 0 Å². The van der Waals surface area contributed by atoms with Crippen LogP contribution in [-0.4, -0.2) is 54.2 Å². The zero-order valence-electron chi connectivity index (χ0n) is 14.8. The second-order valence-corrected chi connectivity index (χ2v) is 6.60. The molecular weight excluding hydrogens is 292 g/mol. The summed E-state index contributed by atoms with van der Waals surface area (Å²) in [7, 11) is 4.14. The van der Waals surface area contributed by atoms with E-state index in [2.05, 4.69) is 43.3 Å². The van der Waals surface area contributed by atoms with Gasteiger partial charge in [-0.05, 0) is 39.8 Å². The maximum atomic E-state index is 12.3. The summed E-state index contributed by atoms with van der Waals surface area (Å²) in [6, 6.07) is 2.40. The number of hydrogen-bond donors (Lipinski definition) is 1. The van der Waals surface area contributed by atoms with Crippen LogP contribution in [0.25, 0.3) is 0 Å². The van der Waals surface area contributed by atoms with Gasteiger partial charge in [0, 0.05) is 31.1 Å². The third kappa shape index (κ3) is 4.70. The molecule has 0 spiro atoms. The fraction of sp³-hybridized carbons (Fsp3) is 0.765. The minimum absolute atomic E-state index is 0.0166. The molecule has 2 heterocycles. The lowest BCUT2D eigenvalue weighted by Gasteiger charge is -2.36. The first-order valence-electron chi connectivity index (χ1n) is 8.69. The number of likely N-dealkylation sites (tertiary alicyclic amines) is 1. The first-order valence-corrected chi connectivity index (χ1v) is 8.69. The molecule has 6 heteroatoms. The number of carbonyl (C=O) groups is 1. The summed E-state index contributed by atoms with van der Waals surface area (Å²) >= 11 is 0. The average molecular weight is 322 g/mol. The Bertz CT molecular complexity index is 497. The number of rotatable bonds is 6. The van der Waals surface area contributed by atoms with Gasteiger partial charge in [0.05, 0.1) is 12.2 Å². The highest BCUT2D eigenvalue weighted by Gasteiger charge is 2.24. The van der Waals surface area contributed by atoms with Gasteiger partial charge < -0.3 is 19.6 Å². The highest BCUT2D eigenvalue weighted by Crippen LogP contribution is 2.22. The predicted molar refractivity (Wildman–Crippen MR) is 90.3 cm³/mol. The first kappa shape index (κ1) is 17.8. The van der Waals surface area contributed by atoms with E-state index in [9.17, 15) is 4.79 Å². The number of carbonyl (C=O) groups excluding carboxylic acids is 1. The van der Waals surface area contributed by atoms with E-state index in [0.29, 0.717) is 18.5 Å². The van der Waals surface area contributed by atoms with Crippen molar-refractivity contribution >= 4 is 6.03 Å². The predicted octanol–water partition coefficient (Wildman–Crippen LogP) is 2.81. The van der Waals surface area contributed by atoms with Crippen molar-refractivity contribution in [3.8, 4) is 0 Å². The van der Waals surface area contributed by atoms with Gasteiger partial charge in [0.1, 0.15) is 0 Å². The van der Waals surface area contributed by atoms with Crippen molar-refractivity contribution in [3.05, 3.63) is 17.5 Å². The van der Waals surface area contributed by atoms with E-state index in [4.69, 9.17) is 4.52 Å². The number of urea groups is 1. The molecule has 2 rings (SSSR count). The number of nitrogens with one attached hydrogen (secondary N) is 1. The molecule has 0 bridgehead atoms. The lowest BCUT2D eigenvalue weighted by Crippen LogP contribution is -2.50. The number of nitrogens with zero attached hydrogens (tertiary/aromatic N) is 3. The van der Waals surface area contributed by atoms with Crippen molar-refractivity contribution in [2.75, 3.05) is 27.2 Å². The summed E-state index contributed by atoms with van der Waals surface area (Å²) in [4.78, 5) is 16.4. The topological polar surface area (TPSA) is 61.6 Å². The van der Waals surface area contributed by atoms with Crippen LogP contribution >= 0.6 is 0 Å². The van der Waals surface area contributed by atoms with E-state index in [1.807, 2.05) is 11.0 Å². The van der Waals surface area contributed by atoms with Crippen LogP contribution in [0.2, 0.25) is 0 Å². The van der Waals surface area contributed by atoms with E-state index >= 15 is 0 Å². The van der Waals surface area contributed by atoms with E-state index in [-0.39, 0.29) is 6.03 Å². The Kier molecular flexibility index (Phi) is 6.45. The zero-order valence-corrected chi connectivity index (χ0v) is 14.8. The van der Waals surface area contributed by atoms with Crippen LogP contribution in [-0.2, 0) is 6.54 Å². The minimum Gasteiger partial charge on any atom is -0.359 e. The van der Waals surface area contributed by atoms with Gasteiger partial charge in [0.25, 0.3) is 0 Å². The molecule has 6 nitrogen and oxygen atoms in total. The van der Waals surface area contributed by atoms with Crippen LogP contribution in [0.15, 0.2) is 10.6 Å². The molecule has 23 heavy (non-hydrogen) atoms. The highest BCUT2D eigenvalue weighted by atomic mass is 16.5. The fourth-order valence-corrected chi connectivity index (χ4v) is 3.15. The van der Waals surface area contributed by atoms with Crippen LogP contribution in [0.3, 0.4) is 0 Å². The molecule has 2 amide bonds. The van der Waals surface area contributed by atoms with E-state index in [1.54, 1.807) is 0 Å². The highest BCUT2D eigenvalue weighted by molar-refractivity contribution is 5.74. The summed E-state index contributed by atoms with van der Waals surface area (Å²) in [6.07, 6.45) is 4.30. The van der Waals surface area contributed by atoms with Crippen molar-refractivity contribution in [2.45, 2.75) is 58.0 Å². The molecule has 1 aliphatic rings. The second-order valence-electron chi connectivity index (χ2n) is 6.60. The lowest BCUT2D eigenvalue weighted by atomic mass is 9.99. The molecule has 1 aliphatic heterocycles. The first-order chi connectivity index (χ1) is 11.0. The molecule has 1 atom stereocenters. The quantitative estimate of drug-likeness (QED) is 0.875. The number of amides is 2. The van der Waals surface area contributed by atoms with Gasteiger partial charge in [-0.3, -0.25) is 0 Å². The van der Waals surface area contributed by atoms with Gasteiger partial charge in [0.2, 0.25) is 0 Å². The third-order valence-corrected chi connectivity index (χ3v) is 4.81. The lowest BCUT2D eigenvalue weighted by molar-refractivity contribution is 0.139. The van der Waals surface area contributed by atoms with Crippen LogP contribution in [0, 0.1) is 0 Å². The maximum absolute atomic E-state index is 12.3. The zero-order chi connectivity index (χ0) is 16.8. The van der Waals surface area contributed by atoms with E-state index in [0.717, 1.165) is 50.2 Å². The van der Waals surface area contributed by atoms with Crippen molar-refractivity contribution in [2.24, 2.45) is 0 Å². The van der Waals surface area contributed by atoms with Gasteiger partial charge in [-0.25, -0.2) is 4.79 Å². The Morgan fingerprint density at radius 3 is 2.87 bits per heavy atom. The fourth-order valence-electron chi connectivity index (χ4n) is 3.15. The average Bonchev–Trinajstić information content (AvgIpc) is 3.02. The molecular formula is C17H30N4O2. The minimum atomic E-state index is -0.0166. The summed E-state index contributed by atoms with van der Waals surface area (Å²) in [5.74, 6) is 1.16. The molecule has 1 fully saturated rings. The van der Waals surface area contributed by atoms with Gasteiger partial charge in [0.15, 0.2) is 5.76 Å². The van der Waals surface area contributed by atoms with Crippen LogP contribution in [0.5, 0.6) is 0 Å². The van der Waals surface area contributed by atoms with Crippen LogP contribution in [0.4, 0.5) is 4.79 Å². The number of likely N-dealkylation sites (N-methyl/N-ethyl adjacent to an activating group) is 1. The van der Waals surface area contributed by atoms with Gasteiger partial charge >= 0.3 is 6.03 Å². The van der Waals surface area contributed by atoms with Crippen molar-refractivity contribution in [1.82, 2.24) is 20.3 Å². The van der Waals surface area contributed by atoms with Crippen molar-refractivity contribution in [1.29, 1.82) is 0 Å². The molecule has 0 radical (unpaired) electrons. The molecule has 0 aromatic carbocycles. The SMILES string of the molecule is CCC(CC)c1cc(CNC(=O)N2CCC[C@H](N(C)C)C2)on1. The Morgan fingerprint density at radius 2 is 2.22 bits per heavy atom. The monoisotopic (exact) mass is 322 g/mol. The summed E-state index contributed by atoms with van der Waals surface area (Å²) < 4.78 is 5.35. The second kappa shape index (κ2) is 8.34. The number of aromatic nitrogens is 1. The Labute approximate surface area is 139 Å². The Hall–Kier alpha value is -1.56. The molecule has 1 aromatic heterocycles. The molecule has 130 valence electrons. The molecule has 1 saturated heterocycles. The van der Waals surface area contributed by atoms with Gasteiger partial charge in [-0.2, -0.15) is 0 Å². The smallest absolute Gasteiger partial charge is 0.317 e. The Balaban J connectivity index is 1.84. The van der Waals surface area contributed by atoms with Crippen LogP contribution < -0.4 is 5.32 Å². The normalized spacial score (nSPS) is 18.7. The number of hydrogen-bond acceptors (Lipinski definition) is 4. The summed E-state index contributed by atoms with van der Waals surface area (Å²) in [5.41, 5.74) is 0.991. The molecule has 1 aromatic rings. The van der Waals surface area contributed by atoms with E-state index < -0.39 is 0 Å².